The molecule has 0 spiro atoms. The minimum Gasteiger partial charge on any atom is -0.383 e. The van der Waals surface area contributed by atoms with Gasteiger partial charge in [0.2, 0.25) is 5.91 Å². The molecular formula is C11H20BrNO2S. The topological polar surface area (TPSA) is 29.5 Å². The number of ether oxygens (including phenoxy) is 1. The molecule has 1 aliphatic heterocycles. The molecule has 0 radical (unpaired) electrons. The van der Waals surface area contributed by atoms with E-state index < -0.39 is 0 Å². The van der Waals surface area contributed by atoms with Crippen LogP contribution in [0.25, 0.3) is 0 Å². The van der Waals surface area contributed by atoms with Gasteiger partial charge in [-0.15, -0.1) is 0 Å². The highest BCUT2D eigenvalue weighted by molar-refractivity contribution is 9.10. The van der Waals surface area contributed by atoms with Crippen LogP contribution in [0.4, 0.5) is 0 Å². The molecule has 1 fully saturated rings. The monoisotopic (exact) mass is 309 g/mol. The van der Waals surface area contributed by atoms with Crippen LogP contribution in [-0.4, -0.2) is 53.4 Å². The van der Waals surface area contributed by atoms with Gasteiger partial charge in [-0.3, -0.25) is 4.79 Å². The minimum atomic E-state index is -0.0463. The normalized spacial score (nSPS) is 22.1. The number of hydrogen-bond acceptors (Lipinski definition) is 3. The number of nitrogens with zero attached hydrogens (tertiary/aromatic N) is 1. The molecule has 94 valence electrons. The fourth-order valence-electron chi connectivity index (χ4n) is 1.78. The first kappa shape index (κ1) is 14.3. The van der Waals surface area contributed by atoms with E-state index >= 15 is 0 Å². The number of rotatable bonds is 6. The quantitative estimate of drug-likeness (QED) is 0.704. The molecule has 0 saturated carbocycles. The van der Waals surface area contributed by atoms with Crippen LogP contribution >= 0.6 is 27.7 Å². The second-order valence-corrected chi connectivity index (χ2v) is 6.17. The summed E-state index contributed by atoms with van der Waals surface area (Å²) in [5, 5.41) is 0. The van der Waals surface area contributed by atoms with Gasteiger partial charge in [0.05, 0.1) is 11.4 Å². The summed E-state index contributed by atoms with van der Waals surface area (Å²) in [6.07, 6.45) is 1.95. The molecule has 0 aromatic rings. The molecule has 0 N–H and O–H groups in total. The summed E-state index contributed by atoms with van der Waals surface area (Å²) in [5.74, 6) is 2.45. The molecule has 3 nitrogen and oxygen atoms in total. The van der Waals surface area contributed by atoms with E-state index in [9.17, 15) is 4.79 Å². The number of halogens is 1. The summed E-state index contributed by atoms with van der Waals surface area (Å²) in [7, 11) is 1.68. The molecule has 1 saturated heterocycles. The standard InChI is InChI=1S/C11H20BrNO2S/c1-3-10(12)11(14)13(5-6-15-2)9-4-7-16-8-9/h9-10H,3-8H2,1-2H3. The van der Waals surface area contributed by atoms with Crippen LogP contribution in [0.3, 0.4) is 0 Å². The summed E-state index contributed by atoms with van der Waals surface area (Å²) in [6, 6.07) is 0.402. The molecule has 1 rings (SSSR count). The fourth-order valence-corrected chi connectivity index (χ4v) is 3.27. The molecule has 1 amide bonds. The van der Waals surface area contributed by atoms with Crippen LogP contribution in [0.1, 0.15) is 19.8 Å². The lowest BCUT2D eigenvalue weighted by Gasteiger charge is -2.30. The Morgan fingerprint density at radius 2 is 2.44 bits per heavy atom. The highest BCUT2D eigenvalue weighted by Crippen LogP contribution is 2.24. The Hall–Kier alpha value is 0.260. The van der Waals surface area contributed by atoms with Crippen molar-refractivity contribution in [3.63, 3.8) is 0 Å². The summed E-state index contributed by atoms with van der Waals surface area (Å²) in [6.45, 7) is 3.36. The van der Waals surface area contributed by atoms with Crippen LogP contribution < -0.4 is 0 Å². The highest BCUT2D eigenvalue weighted by atomic mass is 79.9. The number of carbonyl (C=O) groups is 1. The maximum absolute atomic E-state index is 12.2. The van der Waals surface area contributed by atoms with Crippen LogP contribution in [0.2, 0.25) is 0 Å². The predicted molar refractivity (Wildman–Crippen MR) is 72.3 cm³/mol. The molecule has 0 aliphatic carbocycles. The van der Waals surface area contributed by atoms with Crippen molar-refractivity contribution in [3.05, 3.63) is 0 Å². The van der Waals surface area contributed by atoms with Gasteiger partial charge in [0.15, 0.2) is 0 Å². The average Bonchev–Trinajstić information content (AvgIpc) is 2.82. The SMILES string of the molecule is CCC(Br)C(=O)N(CCOC)C1CCSC1. The number of methoxy groups -OCH3 is 1. The van der Waals surface area contributed by atoms with E-state index in [0.717, 1.165) is 18.6 Å². The van der Waals surface area contributed by atoms with Crippen molar-refractivity contribution in [3.8, 4) is 0 Å². The van der Waals surface area contributed by atoms with E-state index in [1.807, 2.05) is 23.6 Å². The van der Waals surface area contributed by atoms with Gasteiger partial charge in [-0.1, -0.05) is 22.9 Å². The van der Waals surface area contributed by atoms with Crippen molar-refractivity contribution in [2.24, 2.45) is 0 Å². The summed E-state index contributed by atoms with van der Waals surface area (Å²) >= 11 is 5.37. The third-order valence-electron chi connectivity index (χ3n) is 2.79. The molecule has 2 unspecified atom stereocenters. The van der Waals surface area contributed by atoms with Gasteiger partial charge >= 0.3 is 0 Å². The summed E-state index contributed by atoms with van der Waals surface area (Å²) in [4.78, 5) is 14.1. The minimum absolute atomic E-state index is 0.0463. The Labute approximate surface area is 110 Å². The van der Waals surface area contributed by atoms with Gasteiger partial charge in [-0.25, -0.2) is 0 Å². The van der Waals surface area contributed by atoms with Crippen LogP contribution in [-0.2, 0) is 9.53 Å². The zero-order valence-corrected chi connectivity index (χ0v) is 12.3. The Morgan fingerprint density at radius 1 is 1.69 bits per heavy atom. The molecule has 0 aromatic heterocycles. The van der Waals surface area contributed by atoms with E-state index in [2.05, 4.69) is 15.9 Å². The van der Waals surface area contributed by atoms with Crippen molar-refractivity contribution in [2.75, 3.05) is 31.8 Å². The molecule has 0 bridgehead atoms. The number of hydrogen-bond donors (Lipinski definition) is 0. The number of carbonyl (C=O) groups excluding carboxylic acids is 1. The first-order chi connectivity index (χ1) is 7.70. The van der Waals surface area contributed by atoms with Crippen molar-refractivity contribution in [2.45, 2.75) is 30.6 Å². The number of alkyl halides is 1. The van der Waals surface area contributed by atoms with Crippen molar-refractivity contribution in [1.82, 2.24) is 4.90 Å². The van der Waals surface area contributed by atoms with E-state index in [0.29, 0.717) is 19.2 Å². The lowest BCUT2D eigenvalue weighted by molar-refractivity contribution is -0.133. The molecule has 1 heterocycles. The Bertz CT molecular complexity index is 222. The molecule has 5 heteroatoms. The molecule has 0 aromatic carbocycles. The van der Waals surface area contributed by atoms with Crippen molar-refractivity contribution in [1.29, 1.82) is 0 Å². The second-order valence-electron chi connectivity index (χ2n) is 3.92. The maximum Gasteiger partial charge on any atom is 0.236 e. The lowest BCUT2D eigenvalue weighted by atomic mass is 10.2. The van der Waals surface area contributed by atoms with Gasteiger partial charge in [0, 0.05) is 25.4 Å². The molecule has 2 atom stereocenters. The molecule has 16 heavy (non-hydrogen) atoms. The lowest BCUT2D eigenvalue weighted by Crippen LogP contribution is -2.45. The molecular weight excluding hydrogens is 290 g/mol. The first-order valence-electron chi connectivity index (χ1n) is 5.72. The van der Waals surface area contributed by atoms with Gasteiger partial charge in [-0.05, 0) is 18.6 Å². The number of thioether (sulfide) groups is 1. The Balaban J connectivity index is 2.57. The van der Waals surface area contributed by atoms with Gasteiger partial charge < -0.3 is 9.64 Å². The summed E-state index contributed by atoms with van der Waals surface area (Å²) in [5.41, 5.74) is 0. The maximum atomic E-state index is 12.2. The fraction of sp³-hybridized carbons (Fsp3) is 0.909. The Morgan fingerprint density at radius 3 is 2.94 bits per heavy atom. The zero-order chi connectivity index (χ0) is 12.0. The van der Waals surface area contributed by atoms with Crippen molar-refractivity contribution >= 4 is 33.6 Å². The van der Waals surface area contributed by atoms with Gasteiger partial charge in [0.1, 0.15) is 0 Å². The van der Waals surface area contributed by atoms with E-state index in [4.69, 9.17) is 4.74 Å². The second kappa shape index (κ2) is 7.56. The summed E-state index contributed by atoms with van der Waals surface area (Å²) < 4.78 is 5.08. The van der Waals surface area contributed by atoms with Crippen molar-refractivity contribution < 1.29 is 9.53 Å². The van der Waals surface area contributed by atoms with E-state index in [1.165, 1.54) is 5.75 Å². The average molecular weight is 310 g/mol. The largest absolute Gasteiger partial charge is 0.383 e. The number of amides is 1. The van der Waals surface area contributed by atoms with Gasteiger partial charge in [0.25, 0.3) is 0 Å². The third-order valence-corrected chi connectivity index (χ3v) is 4.98. The Kier molecular flexibility index (Phi) is 6.77. The zero-order valence-electron chi connectivity index (χ0n) is 9.95. The third kappa shape index (κ3) is 3.93. The molecule has 1 aliphatic rings. The van der Waals surface area contributed by atoms with E-state index in [1.54, 1.807) is 7.11 Å². The van der Waals surface area contributed by atoms with E-state index in [-0.39, 0.29) is 10.7 Å². The van der Waals surface area contributed by atoms with Crippen LogP contribution in [0.5, 0.6) is 0 Å². The van der Waals surface area contributed by atoms with Crippen LogP contribution in [0.15, 0.2) is 0 Å². The smallest absolute Gasteiger partial charge is 0.236 e. The highest BCUT2D eigenvalue weighted by Gasteiger charge is 2.29. The predicted octanol–water partition coefficient (Wildman–Crippen LogP) is 2.14. The first-order valence-corrected chi connectivity index (χ1v) is 7.79. The van der Waals surface area contributed by atoms with Crippen LogP contribution in [0, 0.1) is 0 Å². The van der Waals surface area contributed by atoms with Gasteiger partial charge in [-0.2, -0.15) is 11.8 Å².